The number of fused-ring (bicyclic) bond motifs is 1. The fourth-order valence-corrected chi connectivity index (χ4v) is 2.57. The summed E-state index contributed by atoms with van der Waals surface area (Å²) < 4.78 is 11.1. The normalized spacial score (nSPS) is 11.9. The van der Waals surface area contributed by atoms with Gasteiger partial charge in [0.2, 0.25) is 0 Å². The van der Waals surface area contributed by atoms with Crippen LogP contribution in [0.5, 0.6) is 11.5 Å². The number of nitrogens with zero attached hydrogens (tertiary/aromatic N) is 1. The van der Waals surface area contributed by atoms with Crippen molar-refractivity contribution in [3.05, 3.63) is 35.9 Å². The second-order valence-corrected chi connectivity index (χ2v) is 4.72. The molecule has 0 saturated heterocycles. The Labute approximate surface area is 119 Å². The Kier molecular flexibility index (Phi) is 4.47. The Morgan fingerprint density at radius 2 is 1.85 bits per heavy atom. The number of rotatable bonds is 5. The minimum absolute atomic E-state index is 0.173. The fraction of sp³-hybridized carbons (Fsp3) is 0.353. The summed E-state index contributed by atoms with van der Waals surface area (Å²) in [5.41, 5.74) is 0.910. The molecule has 0 fully saturated rings. The van der Waals surface area contributed by atoms with Crippen LogP contribution in [0.25, 0.3) is 10.8 Å². The lowest BCUT2D eigenvalue weighted by Gasteiger charge is -2.17. The Balaban J connectivity index is 2.74. The van der Waals surface area contributed by atoms with Gasteiger partial charge >= 0.3 is 0 Å². The zero-order valence-corrected chi connectivity index (χ0v) is 12.1. The van der Waals surface area contributed by atoms with E-state index in [-0.39, 0.29) is 5.92 Å². The van der Waals surface area contributed by atoms with Crippen LogP contribution in [-0.2, 0) is 0 Å². The van der Waals surface area contributed by atoms with E-state index in [4.69, 9.17) is 9.47 Å². The summed E-state index contributed by atoms with van der Waals surface area (Å²) in [7, 11) is 3.30. The highest BCUT2D eigenvalue weighted by atomic mass is 16.5. The van der Waals surface area contributed by atoms with E-state index in [0.29, 0.717) is 0 Å². The van der Waals surface area contributed by atoms with Gasteiger partial charge in [0.1, 0.15) is 11.5 Å². The molecule has 0 spiro atoms. The number of benzene rings is 2. The Morgan fingerprint density at radius 1 is 1.15 bits per heavy atom. The third kappa shape index (κ3) is 2.42. The molecule has 0 bridgehead atoms. The largest absolute Gasteiger partial charge is 0.496 e. The van der Waals surface area contributed by atoms with Crippen molar-refractivity contribution in [1.82, 2.24) is 0 Å². The molecule has 0 N–H and O–H groups in total. The van der Waals surface area contributed by atoms with Crippen LogP contribution in [0.4, 0.5) is 0 Å². The van der Waals surface area contributed by atoms with Gasteiger partial charge in [-0.3, -0.25) is 0 Å². The molecule has 0 saturated carbocycles. The number of methoxy groups -OCH3 is 2. The molecule has 0 radical (unpaired) electrons. The predicted octanol–water partition coefficient (Wildman–Crippen LogP) is 4.26. The molecule has 2 aromatic rings. The maximum atomic E-state index is 9.42. The van der Waals surface area contributed by atoms with Crippen LogP contribution in [0, 0.1) is 11.3 Å². The van der Waals surface area contributed by atoms with E-state index in [1.165, 1.54) is 0 Å². The van der Waals surface area contributed by atoms with Crippen molar-refractivity contribution in [2.45, 2.75) is 25.7 Å². The minimum atomic E-state index is -0.173. The van der Waals surface area contributed by atoms with Crippen molar-refractivity contribution >= 4 is 10.8 Å². The zero-order valence-electron chi connectivity index (χ0n) is 12.1. The molecule has 1 unspecified atom stereocenters. The van der Waals surface area contributed by atoms with Gasteiger partial charge in [0.25, 0.3) is 0 Å². The van der Waals surface area contributed by atoms with Crippen LogP contribution in [0.1, 0.15) is 31.2 Å². The molecule has 0 aromatic heterocycles. The first kappa shape index (κ1) is 14.2. The lowest BCUT2D eigenvalue weighted by atomic mass is 9.92. The molecule has 0 aliphatic rings. The van der Waals surface area contributed by atoms with Gasteiger partial charge in [0.15, 0.2) is 0 Å². The third-order valence-corrected chi connectivity index (χ3v) is 3.52. The summed E-state index contributed by atoms with van der Waals surface area (Å²) in [6.07, 6.45) is 1.77. The fourth-order valence-electron chi connectivity index (χ4n) is 2.57. The van der Waals surface area contributed by atoms with E-state index in [9.17, 15) is 5.26 Å². The Bertz CT molecular complexity index is 643. The van der Waals surface area contributed by atoms with Gasteiger partial charge in [-0.2, -0.15) is 5.26 Å². The first-order valence-corrected chi connectivity index (χ1v) is 6.80. The summed E-state index contributed by atoms with van der Waals surface area (Å²) in [6.45, 7) is 2.08. The molecule has 2 aromatic carbocycles. The number of nitriles is 1. The van der Waals surface area contributed by atoms with Gasteiger partial charge in [-0.25, -0.2) is 0 Å². The molecule has 0 heterocycles. The third-order valence-electron chi connectivity index (χ3n) is 3.52. The van der Waals surface area contributed by atoms with Crippen molar-refractivity contribution in [2.75, 3.05) is 14.2 Å². The molecule has 3 nitrogen and oxygen atoms in total. The summed E-state index contributed by atoms with van der Waals surface area (Å²) in [5.74, 6) is 1.39. The molecule has 104 valence electrons. The molecule has 0 aliphatic carbocycles. The van der Waals surface area contributed by atoms with Crippen molar-refractivity contribution in [3.63, 3.8) is 0 Å². The van der Waals surface area contributed by atoms with Gasteiger partial charge in [0.05, 0.1) is 26.2 Å². The average Bonchev–Trinajstić information content (AvgIpc) is 2.51. The Hall–Kier alpha value is -2.21. The number of ether oxygens (including phenoxy) is 2. The highest BCUT2D eigenvalue weighted by molar-refractivity contribution is 5.94. The molecule has 0 aliphatic heterocycles. The van der Waals surface area contributed by atoms with E-state index < -0.39 is 0 Å². The molecule has 3 heteroatoms. The van der Waals surface area contributed by atoms with E-state index >= 15 is 0 Å². The van der Waals surface area contributed by atoms with Crippen LogP contribution in [0.2, 0.25) is 0 Å². The van der Waals surface area contributed by atoms with Gasteiger partial charge in [0, 0.05) is 16.3 Å². The van der Waals surface area contributed by atoms with E-state index in [2.05, 4.69) is 13.0 Å². The lowest BCUT2D eigenvalue weighted by molar-refractivity contribution is 0.404. The number of hydrogen-bond donors (Lipinski definition) is 0. The Morgan fingerprint density at radius 3 is 2.40 bits per heavy atom. The van der Waals surface area contributed by atoms with Crippen molar-refractivity contribution in [2.24, 2.45) is 0 Å². The average molecular weight is 269 g/mol. The molecular formula is C17H19NO2. The molecule has 20 heavy (non-hydrogen) atoms. The quantitative estimate of drug-likeness (QED) is 0.814. The first-order chi connectivity index (χ1) is 9.76. The topological polar surface area (TPSA) is 42.2 Å². The summed E-state index contributed by atoms with van der Waals surface area (Å²) >= 11 is 0. The van der Waals surface area contributed by atoms with Crippen LogP contribution < -0.4 is 9.47 Å². The SMILES string of the molecule is CCCC(C#N)c1cc(OC)c2ccccc2c1OC. The summed E-state index contributed by atoms with van der Waals surface area (Å²) in [4.78, 5) is 0. The van der Waals surface area contributed by atoms with Crippen LogP contribution >= 0.6 is 0 Å². The van der Waals surface area contributed by atoms with E-state index in [1.54, 1.807) is 14.2 Å². The van der Waals surface area contributed by atoms with Crippen molar-refractivity contribution in [3.8, 4) is 17.6 Å². The summed E-state index contributed by atoms with van der Waals surface area (Å²) in [5, 5.41) is 11.4. The maximum absolute atomic E-state index is 9.42. The molecular weight excluding hydrogens is 250 g/mol. The maximum Gasteiger partial charge on any atom is 0.131 e. The van der Waals surface area contributed by atoms with Gasteiger partial charge in [-0.15, -0.1) is 0 Å². The van der Waals surface area contributed by atoms with Gasteiger partial charge in [-0.1, -0.05) is 37.6 Å². The molecule has 1 atom stereocenters. The monoisotopic (exact) mass is 269 g/mol. The summed E-state index contributed by atoms with van der Waals surface area (Å²) in [6, 6.07) is 12.2. The standard InChI is InChI=1S/C17H19NO2/c1-4-7-12(11-18)15-10-16(19-2)13-8-5-6-9-14(13)17(15)20-3/h5-6,8-10,12H,4,7H2,1-3H3. The van der Waals surface area contributed by atoms with Crippen LogP contribution in [0.15, 0.2) is 30.3 Å². The highest BCUT2D eigenvalue weighted by Crippen LogP contribution is 2.40. The van der Waals surface area contributed by atoms with Crippen LogP contribution in [-0.4, -0.2) is 14.2 Å². The predicted molar refractivity (Wildman–Crippen MR) is 80.3 cm³/mol. The van der Waals surface area contributed by atoms with Crippen molar-refractivity contribution < 1.29 is 9.47 Å². The highest BCUT2D eigenvalue weighted by Gasteiger charge is 2.20. The second kappa shape index (κ2) is 6.29. The molecule has 2 rings (SSSR count). The van der Waals surface area contributed by atoms with Gasteiger partial charge < -0.3 is 9.47 Å². The first-order valence-electron chi connectivity index (χ1n) is 6.80. The zero-order chi connectivity index (χ0) is 14.5. The lowest BCUT2D eigenvalue weighted by Crippen LogP contribution is -2.01. The van der Waals surface area contributed by atoms with E-state index in [1.807, 2.05) is 30.3 Å². The minimum Gasteiger partial charge on any atom is -0.496 e. The second-order valence-electron chi connectivity index (χ2n) is 4.72. The van der Waals surface area contributed by atoms with Crippen LogP contribution in [0.3, 0.4) is 0 Å². The smallest absolute Gasteiger partial charge is 0.131 e. The van der Waals surface area contributed by atoms with Crippen molar-refractivity contribution in [1.29, 1.82) is 5.26 Å². The number of hydrogen-bond acceptors (Lipinski definition) is 3. The van der Waals surface area contributed by atoms with E-state index in [0.717, 1.165) is 40.7 Å². The molecule has 0 amide bonds. The van der Waals surface area contributed by atoms with Gasteiger partial charge in [-0.05, 0) is 12.5 Å².